The van der Waals surface area contributed by atoms with Crippen LogP contribution in [0.5, 0.6) is 0 Å². The second kappa shape index (κ2) is 5.83. The first kappa shape index (κ1) is 14.6. The van der Waals surface area contributed by atoms with Gasteiger partial charge in [-0.05, 0) is 31.2 Å². The summed E-state index contributed by atoms with van der Waals surface area (Å²) in [5, 5.41) is 9.54. The topological polar surface area (TPSA) is 64.1 Å². The Bertz CT molecular complexity index is 420. The molecule has 0 aromatic heterocycles. The lowest BCUT2D eigenvalue weighted by atomic mass is 9.94. The van der Waals surface area contributed by atoms with Gasteiger partial charge in [0.1, 0.15) is 6.04 Å². The standard InChI is InChI=1S/C15H25N3O3/c1-2-16-6-8-17(9-7-16)15(21)18-10-11-4-3-5-12(11)13(18)14(19)20/h11-13H,2-10H2,1H3,(H,19,20). The first-order chi connectivity index (χ1) is 10.1. The average Bonchev–Trinajstić information content (AvgIpc) is 3.06. The molecule has 0 aromatic rings. The lowest BCUT2D eigenvalue weighted by molar-refractivity contribution is -0.142. The first-order valence-electron chi connectivity index (χ1n) is 8.12. The minimum absolute atomic E-state index is 0.0625. The quantitative estimate of drug-likeness (QED) is 0.823. The molecule has 6 nitrogen and oxygen atoms in total. The maximum atomic E-state index is 12.7. The summed E-state index contributed by atoms with van der Waals surface area (Å²) < 4.78 is 0. The van der Waals surface area contributed by atoms with Gasteiger partial charge in [0.2, 0.25) is 0 Å². The number of aliphatic carboxylic acids is 1. The number of carboxylic acids is 1. The van der Waals surface area contributed by atoms with Crippen molar-refractivity contribution in [3.05, 3.63) is 0 Å². The van der Waals surface area contributed by atoms with E-state index in [1.165, 1.54) is 0 Å². The number of rotatable bonds is 2. The average molecular weight is 295 g/mol. The summed E-state index contributed by atoms with van der Waals surface area (Å²) in [5.41, 5.74) is 0. The summed E-state index contributed by atoms with van der Waals surface area (Å²) in [6.45, 7) is 6.97. The van der Waals surface area contributed by atoms with Crippen LogP contribution in [-0.4, -0.2) is 77.1 Å². The molecule has 3 rings (SSSR count). The zero-order valence-corrected chi connectivity index (χ0v) is 12.7. The molecule has 21 heavy (non-hydrogen) atoms. The molecule has 1 aliphatic carbocycles. The van der Waals surface area contributed by atoms with Crippen LogP contribution in [0.4, 0.5) is 4.79 Å². The van der Waals surface area contributed by atoms with Crippen LogP contribution in [0.3, 0.4) is 0 Å². The number of likely N-dealkylation sites (N-methyl/N-ethyl adjacent to an activating group) is 1. The number of carbonyl (C=O) groups excluding carboxylic acids is 1. The van der Waals surface area contributed by atoms with Gasteiger partial charge in [0.15, 0.2) is 0 Å². The number of piperazine rings is 1. The Labute approximate surface area is 125 Å². The molecule has 2 saturated heterocycles. The zero-order valence-electron chi connectivity index (χ0n) is 12.7. The van der Waals surface area contributed by atoms with Crippen LogP contribution >= 0.6 is 0 Å². The van der Waals surface area contributed by atoms with E-state index in [9.17, 15) is 14.7 Å². The summed E-state index contributed by atoms with van der Waals surface area (Å²) >= 11 is 0. The van der Waals surface area contributed by atoms with E-state index in [1.807, 2.05) is 4.90 Å². The number of carbonyl (C=O) groups is 2. The predicted molar refractivity (Wildman–Crippen MR) is 78.0 cm³/mol. The van der Waals surface area contributed by atoms with E-state index in [0.717, 1.165) is 38.9 Å². The van der Waals surface area contributed by atoms with Crippen molar-refractivity contribution in [1.82, 2.24) is 14.7 Å². The molecule has 0 radical (unpaired) electrons. The molecule has 0 aromatic carbocycles. The van der Waals surface area contributed by atoms with Crippen LogP contribution < -0.4 is 0 Å². The lowest BCUT2D eigenvalue weighted by Gasteiger charge is -2.37. The Morgan fingerprint density at radius 2 is 1.86 bits per heavy atom. The van der Waals surface area contributed by atoms with E-state index in [0.29, 0.717) is 25.6 Å². The normalized spacial score (nSPS) is 33.3. The van der Waals surface area contributed by atoms with Crippen LogP contribution in [0.25, 0.3) is 0 Å². The highest BCUT2D eigenvalue weighted by Crippen LogP contribution is 2.42. The number of likely N-dealkylation sites (tertiary alicyclic amines) is 1. The molecule has 3 aliphatic rings. The van der Waals surface area contributed by atoms with Crippen molar-refractivity contribution >= 4 is 12.0 Å². The monoisotopic (exact) mass is 295 g/mol. The summed E-state index contributed by atoms with van der Waals surface area (Å²) in [4.78, 5) is 30.1. The third-order valence-electron chi connectivity index (χ3n) is 5.48. The summed E-state index contributed by atoms with van der Waals surface area (Å²) in [7, 11) is 0. The van der Waals surface area contributed by atoms with Gasteiger partial charge in [-0.3, -0.25) is 0 Å². The van der Waals surface area contributed by atoms with Crippen molar-refractivity contribution in [2.45, 2.75) is 32.2 Å². The van der Waals surface area contributed by atoms with Gasteiger partial charge in [-0.25, -0.2) is 9.59 Å². The van der Waals surface area contributed by atoms with Crippen molar-refractivity contribution in [2.75, 3.05) is 39.3 Å². The molecular weight excluding hydrogens is 270 g/mol. The molecule has 1 N–H and O–H groups in total. The van der Waals surface area contributed by atoms with Crippen molar-refractivity contribution < 1.29 is 14.7 Å². The van der Waals surface area contributed by atoms with Gasteiger partial charge in [0.25, 0.3) is 0 Å². The highest BCUT2D eigenvalue weighted by molar-refractivity contribution is 5.84. The van der Waals surface area contributed by atoms with Crippen molar-refractivity contribution in [3.63, 3.8) is 0 Å². The number of carboxylic acid groups (broad SMARTS) is 1. The van der Waals surface area contributed by atoms with Gasteiger partial charge in [-0.15, -0.1) is 0 Å². The zero-order chi connectivity index (χ0) is 15.0. The maximum absolute atomic E-state index is 12.7. The van der Waals surface area contributed by atoms with E-state index in [-0.39, 0.29) is 11.9 Å². The lowest BCUT2D eigenvalue weighted by Crippen LogP contribution is -2.55. The van der Waals surface area contributed by atoms with Crippen molar-refractivity contribution in [1.29, 1.82) is 0 Å². The van der Waals surface area contributed by atoms with E-state index >= 15 is 0 Å². The fourth-order valence-corrected chi connectivity index (χ4v) is 4.26. The molecule has 0 spiro atoms. The Balaban J connectivity index is 1.68. The number of fused-ring (bicyclic) bond motifs is 1. The van der Waals surface area contributed by atoms with Crippen LogP contribution in [-0.2, 0) is 4.79 Å². The van der Waals surface area contributed by atoms with Gasteiger partial charge in [-0.1, -0.05) is 13.3 Å². The van der Waals surface area contributed by atoms with Crippen LogP contribution in [0.15, 0.2) is 0 Å². The number of amides is 2. The molecular formula is C15H25N3O3. The van der Waals surface area contributed by atoms with Gasteiger partial charge in [0.05, 0.1) is 0 Å². The molecule has 118 valence electrons. The fourth-order valence-electron chi connectivity index (χ4n) is 4.26. The minimum atomic E-state index is -0.829. The summed E-state index contributed by atoms with van der Waals surface area (Å²) in [6.07, 6.45) is 3.13. The second-order valence-corrected chi connectivity index (χ2v) is 6.49. The molecule has 3 fully saturated rings. The second-order valence-electron chi connectivity index (χ2n) is 6.49. The Morgan fingerprint density at radius 3 is 2.48 bits per heavy atom. The van der Waals surface area contributed by atoms with Gasteiger partial charge >= 0.3 is 12.0 Å². The van der Waals surface area contributed by atoms with E-state index < -0.39 is 12.0 Å². The fraction of sp³-hybridized carbons (Fsp3) is 0.867. The number of urea groups is 1. The predicted octanol–water partition coefficient (Wildman–Crippen LogP) is 0.929. The van der Waals surface area contributed by atoms with Crippen LogP contribution in [0.2, 0.25) is 0 Å². The smallest absolute Gasteiger partial charge is 0.326 e. The third-order valence-corrected chi connectivity index (χ3v) is 5.48. The first-order valence-corrected chi connectivity index (χ1v) is 8.12. The van der Waals surface area contributed by atoms with Gasteiger partial charge in [-0.2, -0.15) is 0 Å². The van der Waals surface area contributed by atoms with E-state index in [2.05, 4.69) is 11.8 Å². The third kappa shape index (κ3) is 2.61. The molecule has 2 heterocycles. The maximum Gasteiger partial charge on any atom is 0.326 e. The molecule has 6 heteroatoms. The van der Waals surface area contributed by atoms with E-state index in [4.69, 9.17) is 0 Å². The summed E-state index contributed by atoms with van der Waals surface area (Å²) in [5.74, 6) is -0.264. The molecule has 1 saturated carbocycles. The molecule has 3 unspecified atom stereocenters. The van der Waals surface area contributed by atoms with Crippen molar-refractivity contribution in [2.24, 2.45) is 11.8 Å². The van der Waals surface area contributed by atoms with Crippen molar-refractivity contribution in [3.8, 4) is 0 Å². The molecule has 2 amide bonds. The van der Waals surface area contributed by atoms with Crippen LogP contribution in [0, 0.1) is 11.8 Å². The highest BCUT2D eigenvalue weighted by Gasteiger charge is 2.50. The number of nitrogens with zero attached hydrogens (tertiary/aromatic N) is 3. The van der Waals surface area contributed by atoms with Crippen LogP contribution in [0.1, 0.15) is 26.2 Å². The molecule has 2 aliphatic heterocycles. The highest BCUT2D eigenvalue weighted by atomic mass is 16.4. The van der Waals surface area contributed by atoms with E-state index in [1.54, 1.807) is 4.90 Å². The Morgan fingerprint density at radius 1 is 1.14 bits per heavy atom. The van der Waals surface area contributed by atoms with Gasteiger partial charge < -0.3 is 19.8 Å². The minimum Gasteiger partial charge on any atom is -0.480 e. The van der Waals surface area contributed by atoms with Gasteiger partial charge in [0, 0.05) is 32.7 Å². The SMILES string of the molecule is CCN1CCN(C(=O)N2CC3CCCC3C2C(=O)O)CC1. The molecule has 3 atom stereocenters. The number of hydrogen-bond donors (Lipinski definition) is 1. The number of hydrogen-bond acceptors (Lipinski definition) is 3. The largest absolute Gasteiger partial charge is 0.480 e. The Hall–Kier alpha value is -1.30. The summed E-state index contributed by atoms with van der Waals surface area (Å²) in [6, 6.07) is -0.665. The molecule has 0 bridgehead atoms. The Kier molecular flexibility index (Phi) is 4.06.